The van der Waals surface area contributed by atoms with Crippen molar-refractivity contribution >= 4 is 5.69 Å². The van der Waals surface area contributed by atoms with Crippen LogP contribution in [0.3, 0.4) is 0 Å². The zero-order valence-electron chi connectivity index (χ0n) is 9.50. The predicted molar refractivity (Wildman–Crippen MR) is 63.8 cm³/mol. The summed E-state index contributed by atoms with van der Waals surface area (Å²) in [4.78, 5) is 4.06. The first-order chi connectivity index (χ1) is 8.20. The number of anilines is 1. The van der Waals surface area contributed by atoms with Crippen LogP contribution in [0.2, 0.25) is 0 Å². The van der Waals surface area contributed by atoms with E-state index in [2.05, 4.69) is 10.8 Å². The van der Waals surface area contributed by atoms with Gasteiger partial charge in [0.05, 0.1) is 12.2 Å². The van der Waals surface area contributed by atoms with Gasteiger partial charge in [-0.3, -0.25) is 4.90 Å². The van der Waals surface area contributed by atoms with Gasteiger partial charge in [0.1, 0.15) is 11.6 Å². The van der Waals surface area contributed by atoms with E-state index >= 15 is 0 Å². The zero-order valence-corrected chi connectivity index (χ0v) is 9.50. The van der Waals surface area contributed by atoms with Crippen molar-refractivity contribution in [1.29, 1.82) is 0 Å². The number of benzene rings is 1. The molecule has 1 saturated heterocycles. The highest BCUT2D eigenvalue weighted by atomic mass is 19.1. The largest absolute Gasteiger partial charge is 0.367 e. The SMILES string of the molecule is C#CCN1CCN(c2ccc(F)cc2F)CC1. The molecular formula is C13H14F2N2. The molecular weight excluding hydrogens is 222 g/mol. The fraction of sp³-hybridized carbons (Fsp3) is 0.385. The van der Waals surface area contributed by atoms with Crippen LogP contribution in [0.5, 0.6) is 0 Å². The summed E-state index contributed by atoms with van der Waals surface area (Å²) in [5, 5.41) is 0. The van der Waals surface area contributed by atoms with Crippen LogP contribution in [0, 0.1) is 24.0 Å². The van der Waals surface area contributed by atoms with Gasteiger partial charge in [0.15, 0.2) is 0 Å². The second-order valence-electron chi connectivity index (χ2n) is 4.06. The molecule has 17 heavy (non-hydrogen) atoms. The number of rotatable bonds is 2. The molecule has 1 heterocycles. The Labute approximate surface area is 99.8 Å². The molecule has 0 bridgehead atoms. The Morgan fingerprint density at radius 2 is 1.88 bits per heavy atom. The van der Waals surface area contributed by atoms with Gasteiger partial charge in [-0.15, -0.1) is 6.42 Å². The summed E-state index contributed by atoms with van der Waals surface area (Å²) >= 11 is 0. The number of piperazine rings is 1. The Morgan fingerprint density at radius 3 is 2.47 bits per heavy atom. The maximum absolute atomic E-state index is 13.6. The Morgan fingerprint density at radius 1 is 1.18 bits per heavy atom. The van der Waals surface area contributed by atoms with Gasteiger partial charge in [0.25, 0.3) is 0 Å². The zero-order chi connectivity index (χ0) is 12.3. The number of hydrogen-bond donors (Lipinski definition) is 0. The standard InChI is InChI=1S/C13H14F2N2/c1-2-5-16-6-8-17(9-7-16)13-4-3-11(14)10-12(13)15/h1,3-4,10H,5-9H2. The van der Waals surface area contributed by atoms with E-state index in [1.54, 1.807) is 0 Å². The van der Waals surface area contributed by atoms with Crippen LogP contribution in [0.25, 0.3) is 0 Å². The normalized spacial score (nSPS) is 16.9. The number of hydrogen-bond acceptors (Lipinski definition) is 2. The van der Waals surface area contributed by atoms with Crippen molar-refractivity contribution in [2.45, 2.75) is 0 Å². The van der Waals surface area contributed by atoms with E-state index < -0.39 is 11.6 Å². The lowest BCUT2D eigenvalue weighted by molar-refractivity contribution is 0.287. The summed E-state index contributed by atoms with van der Waals surface area (Å²) in [6.07, 6.45) is 5.24. The van der Waals surface area contributed by atoms with Crippen LogP contribution >= 0.6 is 0 Å². The highest BCUT2D eigenvalue weighted by Crippen LogP contribution is 2.21. The van der Waals surface area contributed by atoms with Crippen molar-refractivity contribution < 1.29 is 8.78 Å². The van der Waals surface area contributed by atoms with E-state index in [0.29, 0.717) is 25.3 Å². The van der Waals surface area contributed by atoms with E-state index in [0.717, 1.165) is 19.2 Å². The lowest BCUT2D eigenvalue weighted by Crippen LogP contribution is -2.46. The molecule has 2 rings (SSSR count). The van der Waals surface area contributed by atoms with Gasteiger partial charge in [0, 0.05) is 32.2 Å². The summed E-state index contributed by atoms with van der Waals surface area (Å²) in [5.74, 6) is 1.55. The quantitative estimate of drug-likeness (QED) is 0.721. The molecule has 1 aromatic rings. The fourth-order valence-corrected chi connectivity index (χ4v) is 2.01. The highest BCUT2D eigenvalue weighted by Gasteiger charge is 2.18. The van der Waals surface area contributed by atoms with Crippen molar-refractivity contribution in [2.24, 2.45) is 0 Å². The van der Waals surface area contributed by atoms with Gasteiger partial charge in [-0.1, -0.05) is 5.92 Å². The summed E-state index contributed by atoms with van der Waals surface area (Å²) in [7, 11) is 0. The number of nitrogens with zero attached hydrogens (tertiary/aromatic N) is 2. The molecule has 0 N–H and O–H groups in total. The topological polar surface area (TPSA) is 6.48 Å². The fourth-order valence-electron chi connectivity index (χ4n) is 2.01. The lowest BCUT2D eigenvalue weighted by atomic mass is 10.2. The maximum atomic E-state index is 13.6. The number of halogens is 2. The van der Waals surface area contributed by atoms with Crippen LogP contribution in [0.15, 0.2) is 18.2 Å². The molecule has 1 aromatic carbocycles. The molecule has 1 aliphatic heterocycles. The minimum Gasteiger partial charge on any atom is -0.367 e. The van der Waals surface area contributed by atoms with Crippen LogP contribution in [0.4, 0.5) is 14.5 Å². The van der Waals surface area contributed by atoms with E-state index in [4.69, 9.17) is 6.42 Å². The molecule has 0 unspecified atom stereocenters. The van der Waals surface area contributed by atoms with Gasteiger partial charge in [0.2, 0.25) is 0 Å². The molecule has 90 valence electrons. The predicted octanol–water partition coefficient (Wildman–Crippen LogP) is 1.72. The van der Waals surface area contributed by atoms with Gasteiger partial charge in [-0.2, -0.15) is 0 Å². The Bertz CT molecular complexity index is 432. The molecule has 1 aliphatic rings. The van der Waals surface area contributed by atoms with Crippen molar-refractivity contribution in [1.82, 2.24) is 4.90 Å². The van der Waals surface area contributed by atoms with Gasteiger partial charge in [-0.25, -0.2) is 8.78 Å². The molecule has 2 nitrogen and oxygen atoms in total. The molecule has 0 aliphatic carbocycles. The van der Waals surface area contributed by atoms with E-state index in [1.807, 2.05) is 4.90 Å². The molecule has 0 amide bonds. The van der Waals surface area contributed by atoms with Gasteiger partial charge >= 0.3 is 0 Å². The molecule has 4 heteroatoms. The third-order valence-electron chi connectivity index (χ3n) is 2.94. The lowest BCUT2D eigenvalue weighted by Gasteiger charge is -2.35. The molecule has 0 saturated carbocycles. The van der Waals surface area contributed by atoms with Crippen LogP contribution < -0.4 is 4.90 Å². The van der Waals surface area contributed by atoms with Crippen molar-refractivity contribution in [2.75, 3.05) is 37.6 Å². The third-order valence-corrected chi connectivity index (χ3v) is 2.94. The van der Waals surface area contributed by atoms with Gasteiger partial charge < -0.3 is 4.90 Å². The second-order valence-corrected chi connectivity index (χ2v) is 4.06. The maximum Gasteiger partial charge on any atom is 0.149 e. The van der Waals surface area contributed by atoms with E-state index in [1.165, 1.54) is 12.1 Å². The van der Waals surface area contributed by atoms with Crippen LogP contribution in [-0.2, 0) is 0 Å². The number of terminal acetylenes is 1. The summed E-state index contributed by atoms with van der Waals surface area (Å²) in [6, 6.07) is 3.69. The monoisotopic (exact) mass is 236 g/mol. The first-order valence-electron chi connectivity index (χ1n) is 5.56. The van der Waals surface area contributed by atoms with Crippen molar-refractivity contribution in [3.05, 3.63) is 29.8 Å². The minimum absolute atomic E-state index is 0.465. The van der Waals surface area contributed by atoms with Gasteiger partial charge in [-0.05, 0) is 12.1 Å². The summed E-state index contributed by atoms with van der Waals surface area (Å²) in [5.41, 5.74) is 0.465. The molecule has 0 spiro atoms. The Balaban J connectivity index is 2.03. The highest BCUT2D eigenvalue weighted by molar-refractivity contribution is 5.48. The molecule has 1 fully saturated rings. The molecule has 0 atom stereocenters. The van der Waals surface area contributed by atoms with E-state index in [9.17, 15) is 8.78 Å². The Hall–Kier alpha value is -1.60. The molecule has 0 radical (unpaired) electrons. The molecule has 0 aromatic heterocycles. The average Bonchev–Trinajstić information content (AvgIpc) is 2.31. The van der Waals surface area contributed by atoms with Crippen LogP contribution in [-0.4, -0.2) is 37.6 Å². The van der Waals surface area contributed by atoms with Crippen molar-refractivity contribution in [3.63, 3.8) is 0 Å². The second kappa shape index (κ2) is 5.15. The smallest absolute Gasteiger partial charge is 0.149 e. The van der Waals surface area contributed by atoms with Crippen LogP contribution in [0.1, 0.15) is 0 Å². The van der Waals surface area contributed by atoms with E-state index in [-0.39, 0.29) is 0 Å². The summed E-state index contributed by atoms with van der Waals surface area (Å²) in [6.45, 7) is 3.66. The first-order valence-corrected chi connectivity index (χ1v) is 5.56. The minimum atomic E-state index is -0.544. The summed E-state index contributed by atoms with van der Waals surface area (Å²) < 4.78 is 26.3. The van der Waals surface area contributed by atoms with Crippen molar-refractivity contribution in [3.8, 4) is 12.3 Å². The first kappa shape index (κ1) is 11.9. The average molecular weight is 236 g/mol. The Kier molecular flexibility index (Phi) is 3.60. The third kappa shape index (κ3) is 2.75.